The number of ether oxygens (including phenoxy) is 1. The Morgan fingerprint density at radius 1 is 1.60 bits per heavy atom. The Labute approximate surface area is 95.5 Å². The first-order valence-electron chi connectivity index (χ1n) is 4.33. The molecule has 0 bridgehead atoms. The van der Waals surface area contributed by atoms with Crippen molar-refractivity contribution in [2.45, 2.75) is 6.92 Å². The molecule has 0 atom stereocenters. The minimum atomic E-state index is -0.424. The van der Waals surface area contributed by atoms with Crippen molar-refractivity contribution in [1.29, 1.82) is 0 Å². The molecule has 6 heteroatoms. The summed E-state index contributed by atoms with van der Waals surface area (Å²) in [7, 11) is 0. The zero-order valence-corrected chi connectivity index (χ0v) is 9.78. The quantitative estimate of drug-likeness (QED) is 0.673. The zero-order chi connectivity index (χ0) is 11.4. The molecule has 1 aromatic carbocycles. The Kier molecular flexibility index (Phi) is 4.05. The molecule has 0 aromatic heterocycles. The Morgan fingerprint density at radius 3 is 2.80 bits per heavy atom. The summed E-state index contributed by atoms with van der Waals surface area (Å²) in [5.41, 5.74) is 5.93. The van der Waals surface area contributed by atoms with Crippen LogP contribution in [0.4, 0.5) is 5.69 Å². The van der Waals surface area contributed by atoms with Gasteiger partial charge < -0.3 is 10.5 Å². The standard InChI is InChI=1S/C9H11BrN2O3/c1-6-4-9(15-3-2-11)7(10)5-8(6)12(13)14/h4-5H,2-3,11H2,1H3. The van der Waals surface area contributed by atoms with E-state index in [0.29, 0.717) is 28.9 Å². The van der Waals surface area contributed by atoms with E-state index in [1.807, 2.05) is 0 Å². The van der Waals surface area contributed by atoms with E-state index in [9.17, 15) is 10.1 Å². The molecule has 82 valence electrons. The maximum absolute atomic E-state index is 10.6. The zero-order valence-electron chi connectivity index (χ0n) is 8.20. The lowest BCUT2D eigenvalue weighted by molar-refractivity contribution is -0.385. The summed E-state index contributed by atoms with van der Waals surface area (Å²) in [6.07, 6.45) is 0. The second kappa shape index (κ2) is 5.09. The van der Waals surface area contributed by atoms with Crippen LogP contribution in [-0.4, -0.2) is 18.1 Å². The van der Waals surface area contributed by atoms with Crippen molar-refractivity contribution in [2.24, 2.45) is 5.73 Å². The van der Waals surface area contributed by atoms with Crippen LogP contribution >= 0.6 is 15.9 Å². The van der Waals surface area contributed by atoms with Crippen molar-refractivity contribution >= 4 is 21.6 Å². The third kappa shape index (κ3) is 2.90. The highest BCUT2D eigenvalue weighted by Crippen LogP contribution is 2.32. The highest BCUT2D eigenvalue weighted by atomic mass is 79.9. The molecule has 0 aliphatic heterocycles. The number of nitro benzene ring substituents is 1. The predicted octanol–water partition coefficient (Wildman–Crippen LogP) is 2.00. The maximum atomic E-state index is 10.6. The van der Waals surface area contributed by atoms with Gasteiger partial charge in [-0.05, 0) is 28.9 Å². The van der Waals surface area contributed by atoms with E-state index < -0.39 is 4.92 Å². The first-order valence-corrected chi connectivity index (χ1v) is 5.13. The van der Waals surface area contributed by atoms with Crippen LogP contribution in [0.15, 0.2) is 16.6 Å². The van der Waals surface area contributed by atoms with Gasteiger partial charge in [0.25, 0.3) is 5.69 Å². The summed E-state index contributed by atoms with van der Waals surface area (Å²) in [6.45, 7) is 2.46. The van der Waals surface area contributed by atoms with E-state index >= 15 is 0 Å². The van der Waals surface area contributed by atoms with Crippen molar-refractivity contribution in [3.05, 3.63) is 32.3 Å². The van der Waals surface area contributed by atoms with E-state index in [1.165, 1.54) is 6.07 Å². The van der Waals surface area contributed by atoms with Gasteiger partial charge in [-0.3, -0.25) is 10.1 Å². The monoisotopic (exact) mass is 274 g/mol. The van der Waals surface area contributed by atoms with E-state index in [2.05, 4.69) is 15.9 Å². The van der Waals surface area contributed by atoms with Crippen LogP contribution in [0.5, 0.6) is 5.75 Å². The van der Waals surface area contributed by atoms with E-state index in [-0.39, 0.29) is 5.69 Å². The summed E-state index contributed by atoms with van der Waals surface area (Å²) >= 11 is 3.21. The van der Waals surface area contributed by atoms with Gasteiger partial charge in [0.1, 0.15) is 12.4 Å². The smallest absolute Gasteiger partial charge is 0.273 e. The third-order valence-corrected chi connectivity index (χ3v) is 2.44. The molecule has 1 aromatic rings. The van der Waals surface area contributed by atoms with Gasteiger partial charge in [-0.25, -0.2) is 0 Å². The first kappa shape index (κ1) is 11.9. The van der Waals surface area contributed by atoms with Crippen molar-refractivity contribution in [2.75, 3.05) is 13.2 Å². The average Bonchev–Trinajstić information content (AvgIpc) is 2.18. The van der Waals surface area contributed by atoms with Gasteiger partial charge in [-0.15, -0.1) is 0 Å². The van der Waals surface area contributed by atoms with Crippen LogP contribution in [0.1, 0.15) is 5.56 Å². The number of nitro groups is 1. The third-order valence-electron chi connectivity index (χ3n) is 1.82. The summed E-state index contributed by atoms with van der Waals surface area (Å²) in [5, 5.41) is 10.6. The Bertz CT molecular complexity index is 382. The lowest BCUT2D eigenvalue weighted by Gasteiger charge is -2.07. The van der Waals surface area contributed by atoms with E-state index in [4.69, 9.17) is 10.5 Å². The number of rotatable bonds is 4. The van der Waals surface area contributed by atoms with Gasteiger partial charge in [0, 0.05) is 18.2 Å². The summed E-state index contributed by atoms with van der Waals surface area (Å²) in [5.74, 6) is 0.573. The van der Waals surface area contributed by atoms with Gasteiger partial charge in [0.15, 0.2) is 0 Å². The highest BCUT2D eigenvalue weighted by Gasteiger charge is 2.14. The predicted molar refractivity (Wildman–Crippen MR) is 60.1 cm³/mol. The van der Waals surface area contributed by atoms with Gasteiger partial charge in [0.2, 0.25) is 0 Å². The largest absolute Gasteiger partial charge is 0.491 e. The van der Waals surface area contributed by atoms with E-state index in [1.54, 1.807) is 13.0 Å². The minimum absolute atomic E-state index is 0.0713. The van der Waals surface area contributed by atoms with Crippen molar-refractivity contribution < 1.29 is 9.66 Å². The molecular weight excluding hydrogens is 264 g/mol. The second-order valence-corrected chi connectivity index (χ2v) is 3.82. The SMILES string of the molecule is Cc1cc(OCCN)c(Br)cc1[N+](=O)[O-]. The molecule has 2 N–H and O–H groups in total. The molecule has 1 rings (SSSR count). The summed E-state index contributed by atoms with van der Waals surface area (Å²) in [4.78, 5) is 10.2. The number of aryl methyl sites for hydroxylation is 1. The molecule has 0 aliphatic carbocycles. The molecule has 5 nitrogen and oxygen atoms in total. The molecular formula is C9H11BrN2O3. The first-order chi connectivity index (χ1) is 7.06. The number of hydrogen-bond donors (Lipinski definition) is 1. The van der Waals surface area contributed by atoms with Crippen LogP contribution in [0.3, 0.4) is 0 Å². The molecule has 0 saturated heterocycles. The lowest BCUT2D eigenvalue weighted by Crippen LogP contribution is -2.11. The Morgan fingerprint density at radius 2 is 2.27 bits per heavy atom. The van der Waals surface area contributed by atoms with Crippen molar-refractivity contribution in [3.63, 3.8) is 0 Å². The van der Waals surface area contributed by atoms with Crippen LogP contribution < -0.4 is 10.5 Å². The van der Waals surface area contributed by atoms with Crippen LogP contribution in [0.2, 0.25) is 0 Å². The van der Waals surface area contributed by atoms with Gasteiger partial charge >= 0.3 is 0 Å². The van der Waals surface area contributed by atoms with Crippen molar-refractivity contribution in [3.8, 4) is 5.75 Å². The number of halogens is 1. The fourth-order valence-electron chi connectivity index (χ4n) is 1.12. The molecule has 0 unspecified atom stereocenters. The molecule has 0 heterocycles. The van der Waals surface area contributed by atoms with Crippen LogP contribution in [-0.2, 0) is 0 Å². The Hall–Kier alpha value is -1.14. The maximum Gasteiger partial charge on any atom is 0.273 e. The van der Waals surface area contributed by atoms with Crippen molar-refractivity contribution in [1.82, 2.24) is 0 Å². The molecule has 0 saturated carbocycles. The van der Waals surface area contributed by atoms with Gasteiger partial charge in [0.05, 0.1) is 9.40 Å². The number of nitrogens with two attached hydrogens (primary N) is 1. The van der Waals surface area contributed by atoms with E-state index in [0.717, 1.165) is 0 Å². The summed E-state index contributed by atoms with van der Waals surface area (Å²) < 4.78 is 5.87. The highest BCUT2D eigenvalue weighted by molar-refractivity contribution is 9.10. The molecule has 0 amide bonds. The second-order valence-electron chi connectivity index (χ2n) is 2.96. The number of nitrogens with zero attached hydrogens (tertiary/aromatic N) is 1. The lowest BCUT2D eigenvalue weighted by atomic mass is 10.2. The molecule has 0 aliphatic rings. The fraction of sp³-hybridized carbons (Fsp3) is 0.333. The topological polar surface area (TPSA) is 78.4 Å². The average molecular weight is 275 g/mol. The molecule has 15 heavy (non-hydrogen) atoms. The fourth-order valence-corrected chi connectivity index (χ4v) is 1.57. The minimum Gasteiger partial charge on any atom is -0.491 e. The normalized spacial score (nSPS) is 10.1. The molecule has 0 fully saturated rings. The van der Waals surface area contributed by atoms with Gasteiger partial charge in [-0.2, -0.15) is 0 Å². The number of hydrogen-bond acceptors (Lipinski definition) is 4. The summed E-state index contributed by atoms with van der Waals surface area (Å²) in [6, 6.07) is 3.05. The van der Waals surface area contributed by atoms with Gasteiger partial charge in [-0.1, -0.05) is 0 Å². The van der Waals surface area contributed by atoms with Crippen LogP contribution in [0.25, 0.3) is 0 Å². The molecule has 0 spiro atoms. The Balaban J connectivity index is 3.02. The molecule has 0 radical (unpaired) electrons. The number of benzene rings is 1. The van der Waals surface area contributed by atoms with Crippen LogP contribution in [0, 0.1) is 17.0 Å².